The van der Waals surface area contributed by atoms with Crippen LogP contribution in [0, 0.1) is 19.3 Å². The molecule has 0 aliphatic heterocycles. The molecule has 0 aliphatic rings. The molecule has 2 aromatic carbocycles. The van der Waals surface area contributed by atoms with E-state index in [-0.39, 0.29) is 12.3 Å². The van der Waals surface area contributed by atoms with Gasteiger partial charge >= 0.3 is 0 Å². The smallest absolute Gasteiger partial charge is 0.228 e. The predicted octanol–water partition coefficient (Wildman–Crippen LogP) is 4.44. The number of ether oxygens (including phenoxy) is 1. The second-order valence-corrected chi connectivity index (χ2v) is 8.85. The van der Waals surface area contributed by atoms with Crippen LogP contribution in [0.2, 0.25) is 0 Å². The van der Waals surface area contributed by atoms with Crippen LogP contribution in [0.4, 0.5) is 0 Å². The summed E-state index contributed by atoms with van der Waals surface area (Å²) in [5.41, 5.74) is 8.24. The second kappa shape index (κ2) is 11.5. The lowest BCUT2D eigenvalue weighted by molar-refractivity contribution is -0.141. The Hall–Kier alpha value is -2.82. The summed E-state index contributed by atoms with van der Waals surface area (Å²) >= 11 is 0. The molecule has 0 bridgehead atoms. The first-order chi connectivity index (χ1) is 14.7. The van der Waals surface area contributed by atoms with Crippen molar-refractivity contribution in [3.8, 4) is 5.75 Å². The summed E-state index contributed by atoms with van der Waals surface area (Å²) in [5.74, 6) is 0.559. The van der Waals surface area contributed by atoms with Crippen LogP contribution in [0.5, 0.6) is 5.75 Å². The van der Waals surface area contributed by atoms with Crippen LogP contribution in [0.25, 0.3) is 0 Å². The zero-order valence-electron chi connectivity index (χ0n) is 19.3. The maximum absolute atomic E-state index is 13.3. The molecule has 0 spiro atoms. The van der Waals surface area contributed by atoms with E-state index in [4.69, 9.17) is 10.5 Å². The molecular formula is C26H36N2O3. The summed E-state index contributed by atoms with van der Waals surface area (Å²) in [7, 11) is 0. The van der Waals surface area contributed by atoms with E-state index in [1.165, 1.54) is 11.1 Å². The van der Waals surface area contributed by atoms with Gasteiger partial charge in [0.25, 0.3) is 0 Å². The number of carbonyl (C=O) groups is 2. The minimum Gasteiger partial charge on any atom is -0.493 e. The number of aryl methyl sites for hydroxylation is 2. The van der Waals surface area contributed by atoms with Crippen molar-refractivity contribution >= 4 is 11.8 Å². The van der Waals surface area contributed by atoms with Gasteiger partial charge in [-0.1, -0.05) is 56.3 Å². The number of carbonyl (C=O) groups excluding carboxylic acids is 2. The summed E-state index contributed by atoms with van der Waals surface area (Å²) in [6.45, 7) is 9.49. The van der Waals surface area contributed by atoms with Gasteiger partial charge in [0.15, 0.2) is 0 Å². The fourth-order valence-electron chi connectivity index (χ4n) is 3.56. The Morgan fingerprint density at radius 1 is 1.03 bits per heavy atom. The van der Waals surface area contributed by atoms with Gasteiger partial charge < -0.3 is 15.4 Å². The average Bonchev–Trinajstić information content (AvgIpc) is 2.73. The predicted molar refractivity (Wildman–Crippen MR) is 125 cm³/mol. The molecule has 2 rings (SSSR count). The Labute approximate surface area is 186 Å². The van der Waals surface area contributed by atoms with Gasteiger partial charge in [-0.15, -0.1) is 0 Å². The summed E-state index contributed by atoms with van der Waals surface area (Å²) < 4.78 is 5.95. The minimum absolute atomic E-state index is 0.0522. The number of nitrogens with two attached hydrogens (primary N) is 1. The highest BCUT2D eigenvalue weighted by Gasteiger charge is 2.31. The second-order valence-electron chi connectivity index (χ2n) is 8.85. The zero-order valence-corrected chi connectivity index (χ0v) is 19.3. The third kappa shape index (κ3) is 8.08. The number of hydrogen-bond acceptors (Lipinski definition) is 3. The van der Waals surface area contributed by atoms with E-state index in [1.807, 2.05) is 64.1 Å². The molecular weight excluding hydrogens is 388 g/mol. The Morgan fingerprint density at radius 2 is 1.74 bits per heavy atom. The van der Waals surface area contributed by atoms with E-state index in [9.17, 15) is 9.59 Å². The van der Waals surface area contributed by atoms with Gasteiger partial charge in [-0.3, -0.25) is 9.59 Å². The van der Waals surface area contributed by atoms with Crippen molar-refractivity contribution in [1.29, 1.82) is 0 Å². The van der Waals surface area contributed by atoms with E-state index < -0.39 is 11.3 Å². The highest BCUT2D eigenvalue weighted by atomic mass is 16.5. The van der Waals surface area contributed by atoms with Gasteiger partial charge in [0, 0.05) is 24.9 Å². The minimum atomic E-state index is -0.542. The average molecular weight is 425 g/mol. The van der Waals surface area contributed by atoms with Gasteiger partial charge in [-0.05, 0) is 55.9 Å². The van der Waals surface area contributed by atoms with Gasteiger partial charge in [-0.2, -0.15) is 0 Å². The van der Waals surface area contributed by atoms with E-state index in [0.29, 0.717) is 26.1 Å². The molecule has 0 fully saturated rings. The topological polar surface area (TPSA) is 72.6 Å². The third-order valence-corrected chi connectivity index (χ3v) is 5.55. The Kier molecular flexibility index (Phi) is 9.10. The van der Waals surface area contributed by atoms with Gasteiger partial charge in [-0.25, -0.2) is 0 Å². The van der Waals surface area contributed by atoms with Crippen molar-refractivity contribution in [2.75, 3.05) is 19.7 Å². The van der Waals surface area contributed by atoms with E-state index in [0.717, 1.165) is 24.2 Å². The molecule has 0 saturated carbocycles. The van der Waals surface area contributed by atoms with Crippen LogP contribution >= 0.6 is 0 Å². The van der Waals surface area contributed by atoms with Crippen molar-refractivity contribution in [1.82, 2.24) is 4.90 Å². The van der Waals surface area contributed by atoms with E-state index in [1.54, 1.807) is 4.90 Å². The molecule has 5 heteroatoms. The van der Waals surface area contributed by atoms with Crippen molar-refractivity contribution in [2.45, 2.75) is 53.4 Å². The van der Waals surface area contributed by atoms with E-state index >= 15 is 0 Å². The largest absolute Gasteiger partial charge is 0.493 e. The molecule has 0 aromatic heterocycles. The summed E-state index contributed by atoms with van der Waals surface area (Å²) in [5, 5.41) is 0. The number of amides is 2. The molecule has 2 N–H and O–H groups in total. The lowest BCUT2D eigenvalue weighted by Gasteiger charge is -2.32. The van der Waals surface area contributed by atoms with Crippen molar-refractivity contribution in [2.24, 2.45) is 11.1 Å². The van der Waals surface area contributed by atoms with Gasteiger partial charge in [0.2, 0.25) is 11.8 Å². The Balaban J connectivity index is 1.93. The molecule has 0 radical (unpaired) electrons. The monoisotopic (exact) mass is 424 g/mol. The Morgan fingerprint density at radius 3 is 2.42 bits per heavy atom. The first-order valence-electron chi connectivity index (χ1n) is 11.0. The summed E-state index contributed by atoms with van der Waals surface area (Å²) in [4.78, 5) is 26.4. The number of benzene rings is 2. The van der Waals surface area contributed by atoms with Crippen LogP contribution in [0.15, 0.2) is 48.5 Å². The number of rotatable bonds is 12. The van der Waals surface area contributed by atoms with Crippen LogP contribution < -0.4 is 10.5 Å². The molecule has 0 aliphatic carbocycles. The maximum Gasteiger partial charge on any atom is 0.228 e. The molecule has 0 unspecified atom stereocenters. The van der Waals surface area contributed by atoms with Crippen molar-refractivity contribution in [3.63, 3.8) is 0 Å². The molecule has 0 atom stereocenters. The lowest BCUT2D eigenvalue weighted by Crippen LogP contribution is -2.43. The molecule has 0 heterocycles. The quantitative estimate of drug-likeness (QED) is 0.512. The van der Waals surface area contributed by atoms with Gasteiger partial charge in [0.05, 0.1) is 6.61 Å². The molecule has 31 heavy (non-hydrogen) atoms. The number of nitrogens with zero attached hydrogens (tertiary/aromatic N) is 1. The molecule has 0 saturated heterocycles. The van der Waals surface area contributed by atoms with Gasteiger partial charge in [0.1, 0.15) is 5.75 Å². The molecule has 2 aromatic rings. The highest BCUT2D eigenvalue weighted by molar-refractivity contribution is 5.82. The molecule has 168 valence electrons. The standard InChI is InChI=1S/C26H36N2O3/c1-20-11-12-21(2)23(19-20)31-18-8-15-26(3,4)25(30)28(17-14-24(27)29)16-13-22-9-6-5-7-10-22/h5-7,9-12,19H,8,13-18H2,1-4H3,(H2,27,29). The fourth-order valence-corrected chi connectivity index (χ4v) is 3.56. The fraction of sp³-hybridized carbons (Fsp3) is 0.462. The first-order valence-corrected chi connectivity index (χ1v) is 11.0. The zero-order chi connectivity index (χ0) is 22.9. The van der Waals surface area contributed by atoms with Crippen LogP contribution in [0.3, 0.4) is 0 Å². The maximum atomic E-state index is 13.3. The highest BCUT2D eigenvalue weighted by Crippen LogP contribution is 2.27. The Bertz CT molecular complexity index is 862. The normalized spacial score (nSPS) is 11.2. The molecule has 5 nitrogen and oxygen atoms in total. The van der Waals surface area contributed by atoms with Crippen LogP contribution in [-0.2, 0) is 16.0 Å². The van der Waals surface area contributed by atoms with Crippen molar-refractivity contribution in [3.05, 3.63) is 65.2 Å². The van der Waals surface area contributed by atoms with Crippen LogP contribution in [-0.4, -0.2) is 36.4 Å². The van der Waals surface area contributed by atoms with Crippen molar-refractivity contribution < 1.29 is 14.3 Å². The molecule has 2 amide bonds. The third-order valence-electron chi connectivity index (χ3n) is 5.55. The first kappa shape index (κ1) is 24.4. The van der Waals surface area contributed by atoms with Crippen LogP contribution in [0.1, 0.15) is 49.8 Å². The van der Waals surface area contributed by atoms with E-state index in [2.05, 4.69) is 12.1 Å². The lowest BCUT2D eigenvalue weighted by atomic mass is 9.86. The SMILES string of the molecule is Cc1ccc(C)c(OCCCC(C)(C)C(=O)N(CCC(N)=O)CCc2ccccc2)c1. The summed E-state index contributed by atoms with van der Waals surface area (Å²) in [6.07, 6.45) is 2.40. The number of primary amides is 1. The summed E-state index contributed by atoms with van der Waals surface area (Å²) in [6, 6.07) is 16.2. The number of hydrogen-bond donors (Lipinski definition) is 1.